The molecule has 8 heteroatoms. The lowest BCUT2D eigenvalue weighted by atomic mass is 10.1. The van der Waals surface area contributed by atoms with Crippen LogP contribution in [0.15, 0.2) is 81.3 Å². The summed E-state index contributed by atoms with van der Waals surface area (Å²) in [5, 5.41) is 9.01. The van der Waals surface area contributed by atoms with Crippen molar-refractivity contribution in [3.05, 3.63) is 78.2 Å². The Morgan fingerprint density at radius 1 is 0.780 bits per heavy atom. The molecular formula is C33H39N7O. The SMILES string of the molecule is CC1CN=C(c2ccc3cc(-c4ccc(-c5ccc6cc(C7=NCC(C)N7)oc6c5)cn4)[nH]c3c2)N1.CCC.CN. The van der Waals surface area contributed by atoms with Crippen LogP contribution < -0.4 is 16.4 Å². The number of hydrogen-bond donors (Lipinski definition) is 4. The highest BCUT2D eigenvalue weighted by Gasteiger charge is 2.18. The molecule has 0 fully saturated rings. The van der Waals surface area contributed by atoms with E-state index < -0.39 is 0 Å². The highest BCUT2D eigenvalue weighted by atomic mass is 16.3. The molecule has 5 aromatic rings. The zero-order valence-electron chi connectivity index (χ0n) is 24.5. The van der Waals surface area contributed by atoms with Gasteiger partial charge in [-0.15, -0.1) is 0 Å². The van der Waals surface area contributed by atoms with Crippen molar-refractivity contribution in [1.82, 2.24) is 20.6 Å². The smallest absolute Gasteiger partial charge is 0.170 e. The van der Waals surface area contributed by atoms with E-state index in [2.05, 4.69) is 114 Å². The third-order valence-corrected chi connectivity index (χ3v) is 6.83. The van der Waals surface area contributed by atoms with Gasteiger partial charge in [0.2, 0.25) is 0 Å². The number of aliphatic imine (C=N–C) groups is 2. The number of nitrogens with one attached hydrogen (secondary N) is 3. The van der Waals surface area contributed by atoms with Crippen molar-refractivity contribution in [2.24, 2.45) is 15.7 Å². The van der Waals surface area contributed by atoms with Gasteiger partial charge < -0.3 is 25.8 Å². The number of nitrogens with two attached hydrogens (primary N) is 1. The number of furan rings is 1. The first-order valence-corrected chi connectivity index (χ1v) is 14.3. The maximum atomic E-state index is 6.11. The molecule has 2 unspecified atom stereocenters. The van der Waals surface area contributed by atoms with Gasteiger partial charge >= 0.3 is 0 Å². The van der Waals surface area contributed by atoms with E-state index >= 15 is 0 Å². The molecule has 0 saturated heterocycles. The van der Waals surface area contributed by atoms with Crippen LogP contribution in [-0.4, -0.2) is 53.9 Å². The van der Waals surface area contributed by atoms with Crippen molar-refractivity contribution in [3.8, 4) is 22.5 Å². The Hall–Kier alpha value is -4.43. The third kappa shape index (κ3) is 6.02. The molecule has 2 aliphatic heterocycles. The minimum Gasteiger partial charge on any atom is -0.453 e. The first kappa shape index (κ1) is 28.1. The van der Waals surface area contributed by atoms with Crippen molar-refractivity contribution in [3.63, 3.8) is 0 Å². The quantitative estimate of drug-likeness (QED) is 0.216. The van der Waals surface area contributed by atoms with E-state index in [-0.39, 0.29) is 0 Å². The molecule has 212 valence electrons. The van der Waals surface area contributed by atoms with Crippen LogP contribution in [0, 0.1) is 0 Å². The monoisotopic (exact) mass is 549 g/mol. The number of amidine groups is 2. The molecule has 0 aliphatic carbocycles. The minimum atomic E-state index is 0.343. The second-order valence-electron chi connectivity index (χ2n) is 10.5. The number of fused-ring (bicyclic) bond motifs is 2. The zero-order valence-corrected chi connectivity index (χ0v) is 24.5. The number of nitrogens with zero attached hydrogens (tertiary/aromatic N) is 3. The molecule has 2 aliphatic rings. The van der Waals surface area contributed by atoms with E-state index in [4.69, 9.17) is 9.40 Å². The second kappa shape index (κ2) is 12.4. The average Bonchev–Trinajstić information content (AvgIpc) is 3.80. The number of benzene rings is 2. The molecule has 3 aromatic heterocycles. The third-order valence-electron chi connectivity index (χ3n) is 6.83. The van der Waals surface area contributed by atoms with Crippen LogP contribution in [0.5, 0.6) is 0 Å². The lowest BCUT2D eigenvalue weighted by molar-refractivity contribution is 0.599. The maximum Gasteiger partial charge on any atom is 0.170 e. The van der Waals surface area contributed by atoms with E-state index in [0.717, 1.165) is 80.5 Å². The molecule has 0 radical (unpaired) electrons. The van der Waals surface area contributed by atoms with Crippen LogP contribution in [0.2, 0.25) is 0 Å². The maximum absolute atomic E-state index is 6.11. The number of aromatic nitrogens is 2. The molecule has 2 atom stereocenters. The lowest BCUT2D eigenvalue weighted by Gasteiger charge is -2.05. The Morgan fingerprint density at radius 2 is 1.44 bits per heavy atom. The first-order valence-electron chi connectivity index (χ1n) is 14.3. The largest absolute Gasteiger partial charge is 0.453 e. The van der Waals surface area contributed by atoms with Gasteiger partial charge in [-0.2, -0.15) is 0 Å². The van der Waals surface area contributed by atoms with Crippen LogP contribution in [-0.2, 0) is 0 Å². The predicted octanol–water partition coefficient (Wildman–Crippen LogP) is 6.11. The summed E-state index contributed by atoms with van der Waals surface area (Å²) in [5.74, 6) is 2.58. The summed E-state index contributed by atoms with van der Waals surface area (Å²) >= 11 is 0. The predicted molar refractivity (Wildman–Crippen MR) is 171 cm³/mol. The molecule has 2 aromatic carbocycles. The number of rotatable bonds is 4. The fourth-order valence-corrected chi connectivity index (χ4v) is 4.89. The lowest BCUT2D eigenvalue weighted by Crippen LogP contribution is -2.27. The van der Waals surface area contributed by atoms with Gasteiger partial charge in [0.05, 0.1) is 24.5 Å². The molecule has 5 N–H and O–H groups in total. The van der Waals surface area contributed by atoms with Gasteiger partial charge in [0, 0.05) is 45.7 Å². The molecule has 0 spiro atoms. The fraction of sp³-hybridized carbons (Fsp3) is 0.303. The van der Waals surface area contributed by atoms with Gasteiger partial charge in [-0.25, -0.2) is 0 Å². The zero-order chi connectivity index (χ0) is 28.9. The summed E-state index contributed by atoms with van der Waals surface area (Å²) in [5.41, 5.74) is 11.5. The molecular weight excluding hydrogens is 510 g/mol. The number of pyridine rings is 1. The highest BCUT2D eigenvalue weighted by Crippen LogP contribution is 2.29. The van der Waals surface area contributed by atoms with E-state index in [0.29, 0.717) is 12.1 Å². The normalized spacial score (nSPS) is 17.6. The summed E-state index contributed by atoms with van der Waals surface area (Å²) in [6, 6.07) is 21.7. The molecule has 0 bridgehead atoms. The summed E-state index contributed by atoms with van der Waals surface area (Å²) < 4.78 is 6.11. The number of H-pyrrole nitrogens is 1. The molecule has 8 nitrogen and oxygen atoms in total. The van der Waals surface area contributed by atoms with E-state index in [9.17, 15) is 0 Å². The molecule has 5 heterocycles. The van der Waals surface area contributed by atoms with Gasteiger partial charge in [0.15, 0.2) is 11.6 Å². The molecule has 0 saturated carbocycles. The first-order chi connectivity index (χ1) is 20.0. The van der Waals surface area contributed by atoms with Crippen LogP contribution in [0.1, 0.15) is 45.4 Å². The van der Waals surface area contributed by atoms with Gasteiger partial charge in [-0.05, 0) is 56.8 Å². The van der Waals surface area contributed by atoms with Crippen molar-refractivity contribution in [2.75, 3.05) is 20.1 Å². The van der Waals surface area contributed by atoms with E-state index in [1.54, 1.807) is 0 Å². The second-order valence-corrected chi connectivity index (χ2v) is 10.5. The molecule has 41 heavy (non-hydrogen) atoms. The van der Waals surface area contributed by atoms with Crippen LogP contribution >= 0.6 is 0 Å². The Balaban J connectivity index is 0.000000636. The van der Waals surface area contributed by atoms with Gasteiger partial charge in [-0.3, -0.25) is 15.0 Å². The van der Waals surface area contributed by atoms with Gasteiger partial charge in [0.1, 0.15) is 11.4 Å². The fourth-order valence-electron chi connectivity index (χ4n) is 4.89. The summed E-state index contributed by atoms with van der Waals surface area (Å²) in [6.07, 6.45) is 3.17. The Labute approximate surface area is 241 Å². The number of hydrogen-bond acceptors (Lipinski definition) is 7. The molecule has 0 amide bonds. The van der Waals surface area contributed by atoms with Gasteiger partial charge in [-0.1, -0.05) is 50.6 Å². The Bertz CT molecular complexity index is 1650. The number of aromatic amines is 1. The molecule has 7 rings (SSSR count). The summed E-state index contributed by atoms with van der Waals surface area (Å²) in [4.78, 5) is 17.4. The topological polar surface area (TPSA) is 117 Å². The average molecular weight is 550 g/mol. The van der Waals surface area contributed by atoms with Crippen LogP contribution in [0.3, 0.4) is 0 Å². The van der Waals surface area contributed by atoms with E-state index in [1.165, 1.54) is 13.5 Å². The summed E-state index contributed by atoms with van der Waals surface area (Å²) in [6.45, 7) is 10.1. The summed E-state index contributed by atoms with van der Waals surface area (Å²) in [7, 11) is 1.50. The standard InChI is InChI=1S/C29H26N6O.C3H8.CH5N/c1-16-13-31-28(33-16)21-6-4-19-9-25(35-24(19)10-21)23-8-7-22(15-30-23)18-3-5-20-12-27(36-26(20)11-18)29-32-14-17(2)34-29;1-3-2;1-2/h3-12,15-17,35H,13-14H2,1-2H3,(H,31,33)(H,32,34);3H2,1-2H3;2H2,1H3. The Kier molecular flexibility index (Phi) is 8.50. The van der Waals surface area contributed by atoms with Crippen LogP contribution in [0.4, 0.5) is 0 Å². The highest BCUT2D eigenvalue weighted by molar-refractivity contribution is 6.03. The van der Waals surface area contributed by atoms with Crippen molar-refractivity contribution in [2.45, 2.75) is 46.2 Å². The van der Waals surface area contributed by atoms with Crippen molar-refractivity contribution in [1.29, 1.82) is 0 Å². The van der Waals surface area contributed by atoms with Crippen molar-refractivity contribution >= 4 is 33.5 Å². The van der Waals surface area contributed by atoms with Crippen molar-refractivity contribution < 1.29 is 4.42 Å². The van der Waals surface area contributed by atoms with Crippen LogP contribution in [0.25, 0.3) is 44.4 Å². The van der Waals surface area contributed by atoms with Gasteiger partial charge in [0.25, 0.3) is 0 Å². The minimum absolute atomic E-state index is 0.343. The Morgan fingerprint density at radius 3 is 2.10 bits per heavy atom. The van der Waals surface area contributed by atoms with E-state index in [1.807, 2.05) is 12.3 Å².